The third-order valence-electron chi connectivity index (χ3n) is 7.04. The number of hydrogen-bond acceptors (Lipinski definition) is 5. The van der Waals surface area contributed by atoms with E-state index in [9.17, 15) is 18.0 Å². The number of halogens is 3. The number of aromatic nitrogens is 3. The van der Waals surface area contributed by atoms with Gasteiger partial charge in [-0.15, -0.1) is 0 Å². The second-order valence-corrected chi connectivity index (χ2v) is 9.62. The van der Waals surface area contributed by atoms with Crippen molar-refractivity contribution in [2.75, 3.05) is 20.8 Å². The topological polar surface area (TPSA) is 85.4 Å². The number of ether oxygens (including phenoxy) is 2. The second-order valence-electron chi connectivity index (χ2n) is 9.62. The Morgan fingerprint density at radius 1 is 0.950 bits per heavy atom. The van der Waals surface area contributed by atoms with Crippen LogP contribution in [0.4, 0.5) is 13.2 Å². The summed E-state index contributed by atoms with van der Waals surface area (Å²) in [6.07, 6.45) is 0.255. The van der Waals surface area contributed by atoms with E-state index in [1.54, 1.807) is 65.9 Å². The number of carbonyl (C=O) groups is 1. The first kappa shape index (κ1) is 27.0. The first-order valence-corrected chi connectivity index (χ1v) is 12.5. The normalized spacial score (nSPS) is 13.3. The fourth-order valence-corrected chi connectivity index (χ4v) is 5.07. The molecule has 0 atom stereocenters. The SMILES string of the molecule is COc1cc(CN2CCc3c(cc(Cn4ccn(C)c4=N)cc3-c3cccnc3C(F)(F)F)C2=O)cc(OC)c1. The number of imidazole rings is 1. The molecular weight excluding hydrogens is 523 g/mol. The van der Waals surface area contributed by atoms with Crippen LogP contribution in [0.1, 0.15) is 32.7 Å². The predicted molar refractivity (Wildman–Crippen MR) is 141 cm³/mol. The van der Waals surface area contributed by atoms with Crippen LogP contribution >= 0.6 is 0 Å². The van der Waals surface area contributed by atoms with Gasteiger partial charge in [-0.1, -0.05) is 6.07 Å². The smallest absolute Gasteiger partial charge is 0.433 e. The highest BCUT2D eigenvalue weighted by atomic mass is 19.4. The Morgan fingerprint density at radius 3 is 2.25 bits per heavy atom. The number of rotatable bonds is 7. The Kier molecular flexibility index (Phi) is 7.14. The summed E-state index contributed by atoms with van der Waals surface area (Å²) in [6, 6.07) is 11.6. The van der Waals surface area contributed by atoms with Crippen LogP contribution in [0.15, 0.2) is 61.1 Å². The second kappa shape index (κ2) is 10.6. The van der Waals surface area contributed by atoms with Crippen molar-refractivity contribution in [2.45, 2.75) is 25.7 Å². The molecule has 0 fully saturated rings. The number of carbonyl (C=O) groups excluding carboxylic acids is 1. The highest BCUT2D eigenvalue weighted by Gasteiger charge is 2.37. The third-order valence-corrected chi connectivity index (χ3v) is 7.04. The molecule has 0 spiro atoms. The van der Waals surface area contributed by atoms with Crippen LogP contribution in [0.25, 0.3) is 11.1 Å². The zero-order valence-electron chi connectivity index (χ0n) is 22.2. The van der Waals surface area contributed by atoms with Gasteiger partial charge in [0.05, 0.1) is 20.8 Å². The van der Waals surface area contributed by atoms with Crippen molar-refractivity contribution in [1.29, 1.82) is 5.41 Å². The van der Waals surface area contributed by atoms with E-state index in [4.69, 9.17) is 14.9 Å². The summed E-state index contributed by atoms with van der Waals surface area (Å²) in [5.41, 5.74) is 1.77. The number of hydrogen-bond donors (Lipinski definition) is 1. The number of benzene rings is 2. The van der Waals surface area contributed by atoms with Crippen molar-refractivity contribution >= 4 is 5.91 Å². The Balaban J connectivity index is 1.60. The largest absolute Gasteiger partial charge is 0.497 e. The zero-order chi connectivity index (χ0) is 28.6. The number of pyridine rings is 1. The molecule has 2 aromatic carbocycles. The quantitative estimate of drug-likeness (QED) is 0.363. The maximum absolute atomic E-state index is 14.0. The van der Waals surface area contributed by atoms with Gasteiger partial charge >= 0.3 is 6.18 Å². The van der Waals surface area contributed by atoms with Gasteiger partial charge in [-0.3, -0.25) is 15.2 Å². The van der Waals surface area contributed by atoms with Gasteiger partial charge in [-0.25, -0.2) is 0 Å². The summed E-state index contributed by atoms with van der Waals surface area (Å²) in [5, 5.41) is 8.28. The molecule has 5 rings (SSSR count). The molecule has 1 amide bonds. The van der Waals surface area contributed by atoms with Crippen LogP contribution in [0.2, 0.25) is 0 Å². The Bertz CT molecular complexity index is 1620. The molecule has 2 aromatic heterocycles. The van der Waals surface area contributed by atoms with Gasteiger partial charge in [0.15, 0.2) is 5.69 Å². The molecule has 0 unspecified atom stereocenters. The van der Waals surface area contributed by atoms with E-state index in [0.29, 0.717) is 46.7 Å². The van der Waals surface area contributed by atoms with Gasteiger partial charge in [-0.2, -0.15) is 13.2 Å². The summed E-state index contributed by atoms with van der Waals surface area (Å²) in [5.74, 6) is 0.894. The number of amides is 1. The van der Waals surface area contributed by atoms with Gasteiger partial charge in [0.1, 0.15) is 11.5 Å². The molecule has 1 aliphatic heterocycles. The number of aryl methyl sites for hydroxylation is 1. The number of alkyl halides is 3. The molecule has 4 aromatic rings. The van der Waals surface area contributed by atoms with E-state index in [1.807, 2.05) is 12.1 Å². The fourth-order valence-electron chi connectivity index (χ4n) is 5.07. The van der Waals surface area contributed by atoms with E-state index in [-0.39, 0.29) is 30.2 Å². The molecule has 3 heterocycles. The maximum atomic E-state index is 14.0. The van der Waals surface area contributed by atoms with Crippen LogP contribution in [0.5, 0.6) is 11.5 Å². The predicted octanol–water partition coefficient (Wildman–Crippen LogP) is 4.65. The highest BCUT2D eigenvalue weighted by molar-refractivity contribution is 5.99. The first-order chi connectivity index (χ1) is 19.1. The van der Waals surface area contributed by atoms with Crippen LogP contribution in [0, 0.1) is 5.41 Å². The van der Waals surface area contributed by atoms with Gasteiger partial charge in [0.2, 0.25) is 5.62 Å². The van der Waals surface area contributed by atoms with Crippen molar-refractivity contribution in [2.24, 2.45) is 7.05 Å². The van der Waals surface area contributed by atoms with Crippen molar-refractivity contribution in [3.8, 4) is 22.6 Å². The molecule has 0 saturated heterocycles. The van der Waals surface area contributed by atoms with Crippen molar-refractivity contribution in [1.82, 2.24) is 19.0 Å². The van der Waals surface area contributed by atoms with E-state index in [2.05, 4.69) is 4.98 Å². The molecule has 0 saturated carbocycles. The van der Waals surface area contributed by atoms with Crippen LogP contribution in [-0.4, -0.2) is 45.7 Å². The summed E-state index contributed by atoms with van der Waals surface area (Å²) >= 11 is 0. The van der Waals surface area contributed by atoms with E-state index in [0.717, 1.165) is 11.8 Å². The lowest BCUT2D eigenvalue weighted by molar-refractivity contribution is -0.140. The average Bonchev–Trinajstić information content (AvgIpc) is 3.25. The number of fused-ring (bicyclic) bond motifs is 1. The standard InChI is InChI=1S/C29H28F3N5O3/c1-35-9-10-37(28(35)33)17-19-13-24(23-5-4-7-34-26(23)29(30,31)32)22-6-8-36(27(38)25(22)14-19)16-18-11-20(39-2)15-21(12-18)40-3/h4-5,7,9-15,33H,6,8,16-17H2,1-3H3. The summed E-state index contributed by atoms with van der Waals surface area (Å²) in [4.78, 5) is 19.2. The van der Waals surface area contributed by atoms with Crippen LogP contribution in [-0.2, 0) is 32.7 Å². The molecule has 0 bridgehead atoms. The van der Waals surface area contributed by atoms with Crippen LogP contribution < -0.4 is 15.1 Å². The molecule has 8 nitrogen and oxygen atoms in total. The lowest BCUT2D eigenvalue weighted by Gasteiger charge is -2.31. The zero-order valence-corrected chi connectivity index (χ0v) is 22.2. The van der Waals surface area contributed by atoms with Gasteiger partial charge < -0.3 is 23.5 Å². The molecule has 1 N–H and O–H groups in total. The number of nitrogens with one attached hydrogen (secondary N) is 1. The highest BCUT2D eigenvalue weighted by Crippen LogP contribution is 2.39. The molecule has 1 aliphatic rings. The third kappa shape index (κ3) is 5.18. The minimum Gasteiger partial charge on any atom is -0.497 e. The summed E-state index contributed by atoms with van der Waals surface area (Å²) in [7, 11) is 4.83. The number of methoxy groups -OCH3 is 2. The van der Waals surface area contributed by atoms with Crippen LogP contribution in [0.3, 0.4) is 0 Å². The maximum Gasteiger partial charge on any atom is 0.433 e. The van der Waals surface area contributed by atoms with E-state index in [1.165, 1.54) is 12.1 Å². The Hall–Kier alpha value is -4.54. The number of nitrogens with zero attached hydrogens (tertiary/aromatic N) is 4. The van der Waals surface area contributed by atoms with Gasteiger partial charge in [0.25, 0.3) is 5.91 Å². The Labute approximate surface area is 228 Å². The van der Waals surface area contributed by atoms with Crippen molar-refractivity contribution in [3.63, 3.8) is 0 Å². The molecular formula is C29H28F3N5O3. The van der Waals surface area contributed by atoms with E-state index >= 15 is 0 Å². The summed E-state index contributed by atoms with van der Waals surface area (Å²) in [6.45, 7) is 0.807. The molecule has 0 aliphatic carbocycles. The molecule has 0 radical (unpaired) electrons. The van der Waals surface area contributed by atoms with Crippen molar-refractivity contribution in [3.05, 3.63) is 94.6 Å². The molecule has 208 valence electrons. The minimum absolute atomic E-state index is 0.0731. The van der Waals surface area contributed by atoms with Gasteiger partial charge in [0, 0.05) is 55.9 Å². The van der Waals surface area contributed by atoms with E-state index < -0.39 is 11.9 Å². The average molecular weight is 552 g/mol. The summed E-state index contributed by atoms with van der Waals surface area (Å²) < 4.78 is 55.9. The van der Waals surface area contributed by atoms with Crippen molar-refractivity contribution < 1.29 is 27.4 Å². The first-order valence-electron chi connectivity index (χ1n) is 12.5. The molecule has 40 heavy (non-hydrogen) atoms. The lowest BCUT2D eigenvalue weighted by atomic mass is 9.87. The molecule has 11 heteroatoms. The lowest BCUT2D eigenvalue weighted by Crippen LogP contribution is -2.37. The monoisotopic (exact) mass is 551 g/mol. The Morgan fingerprint density at radius 2 is 1.62 bits per heavy atom. The van der Waals surface area contributed by atoms with Gasteiger partial charge in [-0.05, 0) is 59.0 Å². The fraction of sp³-hybridized carbons (Fsp3) is 0.276. The minimum atomic E-state index is -4.67.